The minimum atomic E-state index is 0.388. The zero-order valence-corrected chi connectivity index (χ0v) is 11.4. The summed E-state index contributed by atoms with van der Waals surface area (Å²) in [5, 5.41) is 0. The average molecular weight is 275 g/mol. The lowest BCUT2D eigenvalue weighted by atomic mass is 9.98. The number of thiophene rings is 1. The fourth-order valence-corrected chi connectivity index (χ4v) is 3.41. The molecular formula is C11H15ClN2S2. The summed E-state index contributed by atoms with van der Waals surface area (Å²) in [5.41, 5.74) is 5.71. The standard InChI is InChI=1S/C11H15ClN2S2/c12-10-4-3-9(16-10)7-14-5-1-2-8(6-14)11(13)15/h3-4,8H,1-2,5-7H2,(H2,13,15). The summed E-state index contributed by atoms with van der Waals surface area (Å²) in [5.74, 6) is 0.388. The molecule has 0 amide bonds. The predicted molar refractivity (Wildman–Crippen MR) is 74.1 cm³/mol. The Morgan fingerprint density at radius 3 is 3.06 bits per heavy atom. The van der Waals surface area contributed by atoms with E-state index in [4.69, 9.17) is 29.6 Å². The van der Waals surface area contributed by atoms with Gasteiger partial charge < -0.3 is 5.73 Å². The Balaban J connectivity index is 1.92. The number of piperidine rings is 1. The van der Waals surface area contributed by atoms with Gasteiger partial charge >= 0.3 is 0 Å². The SMILES string of the molecule is NC(=S)C1CCCN(Cc2ccc(Cl)s2)C1. The number of hydrogen-bond acceptors (Lipinski definition) is 3. The summed E-state index contributed by atoms with van der Waals surface area (Å²) in [7, 11) is 0. The largest absolute Gasteiger partial charge is 0.393 e. The molecule has 0 aromatic carbocycles. The van der Waals surface area contributed by atoms with Crippen LogP contribution in [0.1, 0.15) is 17.7 Å². The lowest BCUT2D eigenvalue weighted by Gasteiger charge is -2.31. The third-order valence-corrected chi connectivity index (χ3v) is 4.47. The molecule has 1 aliphatic rings. The van der Waals surface area contributed by atoms with Crippen LogP contribution in [-0.2, 0) is 6.54 Å². The summed E-state index contributed by atoms with van der Waals surface area (Å²) in [6, 6.07) is 4.05. The Kier molecular flexibility index (Phi) is 4.19. The monoisotopic (exact) mass is 274 g/mol. The molecule has 88 valence electrons. The van der Waals surface area contributed by atoms with E-state index < -0.39 is 0 Å². The number of rotatable bonds is 3. The van der Waals surface area contributed by atoms with Crippen LogP contribution in [0, 0.1) is 5.92 Å². The number of thiocarbonyl (C=S) groups is 1. The molecule has 2 rings (SSSR count). The van der Waals surface area contributed by atoms with Crippen LogP contribution >= 0.6 is 35.2 Å². The third-order valence-electron chi connectivity index (χ3n) is 2.92. The van der Waals surface area contributed by atoms with Gasteiger partial charge in [-0.25, -0.2) is 0 Å². The van der Waals surface area contributed by atoms with Gasteiger partial charge in [-0.05, 0) is 31.5 Å². The molecule has 1 unspecified atom stereocenters. The summed E-state index contributed by atoms with van der Waals surface area (Å²) < 4.78 is 0.859. The number of likely N-dealkylation sites (tertiary alicyclic amines) is 1. The van der Waals surface area contributed by atoms with Gasteiger partial charge in [0.25, 0.3) is 0 Å². The number of halogens is 1. The van der Waals surface area contributed by atoms with Crippen molar-refractivity contribution in [2.75, 3.05) is 13.1 Å². The van der Waals surface area contributed by atoms with Crippen molar-refractivity contribution in [1.29, 1.82) is 0 Å². The number of nitrogens with zero attached hydrogens (tertiary/aromatic N) is 1. The van der Waals surface area contributed by atoms with E-state index in [1.165, 1.54) is 11.3 Å². The van der Waals surface area contributed by atoms with Crippen molar-refractivity contribution in [1.82, 2.24) is 4.90 Å². The smallest absolute Gasteiger partial charge is 0.0931 e. The lowest BCUT2D eigenvalue weighted by molar-refractivity contribution is 0.199. The molecule has 5 heteroatoms. The van der Waals surface area contributed by atoms with Crippen LogP contribution < -0.4 is 5.73 Å². The molecule has 2 heterocycles. The molecule has 1 saturated heterocycles. The van der Waals surface area contributed by atoms with Gasteiger partial charge in [-0.2, -0.15) is 0 Å². The first-order valence-corrected chi connectivity index (χ1v) is 7.01. The third kappa shape index (κ3) is 3.17. The van der Waals surface area contributed by atoms with Crippen molar-refractivity contribution in [3.05, 3.63) is 21.3 Å². The van der Waals surface area contributed by atoms with Crippen LogP contribution in [0.5, 0.6) is 0 Å². The van der Waals surface area contributed by atoms with Crippen molar-refractivity contribution < 1.29 is 0 Å². The highest BCUT2D eigenvalue weighted by molar-refractivity contribution is 7.80. The fraction of sp³-hybridized carbons (Fsp3) is 0.545. The Bertz CT molecular complexity index is 378. The zero-order valence-electron chi connectivity index (χ0n) is 8.99. The molecule has 1 aliphatic heterocycles. The Hall–Kier alpha value is -0.160. The topological polar surface area (TPSA) is 29.3 Å². The summed E-state index contributed by atoms with van der Waals surface area (Å²) >= 11 is 12.6. The maximum absolute atomic E-state index is 5.92. The van der Waals surface area contributed by atoms with Crippen LogP contribution in [-0.4, -0.2) is 23.0 Å². The zero-order chi connectivity index (χ0) is 11.5. The first kappa shape index (κ1) is 12.3. The van der Waals surface area contributed by atoms with Crippen molar-refractivity contribution >= 4 is 40.1 Å². The van der Waals surface area contributed by atoms with Gasteiger partial charge in [0, 0.05) is 23.9 Å². The minimum Gasteiger partial charge on any atom is -0.393 e. The molecule has 1 atom stereocenters. The first-order valence-electron chi connectivity index (χ1n) is 5.41. The maximum atomic E-state index is 5.92. The Labute approximate surface area is 110 Å². The first-order chi connectivity index (χ1) is 7.65. The molecule has 0 spiro atoms. The van der Waals surface area contributed by atoms with E-state index in [0.29, 0.717) is 10.9 Å². The second-order valence-electron chi connectivity index (χ2n) is 4.18. The molecule has 2 N–H and O–H groups in total. The molecule has 1 aromatic heterocycles. The van der Waals surface area contributed by atoms with E-state index >= 15 is 0 Å². The molecule has 1 aromatic rings. The fourth-order valence-electron chi connectivity index (χ4n) is 2.09. The van der Waals surface area contributed by atoms with Crippen LogP contribution in [0.4, 0.5) is 0 Å². The predicted octanol–water partition coefficient (Wildman–Crippen LogP) is 2.90. The average Bonchev–Trinajstić information content (AvgIpc) is 2.64. The van der Waals surface area contributed by atoms with Crippen LogP contribution in [0.15, 0.2) is 12.1 Å². The van der Waals surface area contributed by atoms with Crippen LogP contribution in [0.2, 0.25) is 4.34 Å². The van der Waals surface area contributed by atoms with Crippen molar-refractivity contribution in [3.8, 4) is 0 Å². The molecule has 1 fully saturated rings. The maximum Gasteiger partial charge on any atom is 0.0931 e. The van der Waals surface area contributed by atoms with Gasteiger partial charge in [0.15, 0.2) is 0 Å². The number of hydrogen-bond donors (Lipinski definition) is 1. The van der Waals surface area contributed by atoms with Gasteiger partial charge in [0.1, 0.15) is 0 Å². The molecule has 0 radical (unpaired) electrons. The van der Waals surface area contributed by atoms with Crippen molar-refractivity contribution in [2.45, 2.75) is 19.4 Å². The van der Waals surface area contributed by atoms with Crippen LogP contribution in [0.25, 0.3) is 0 Å². The van der Waals surface area contributed by atoms with E-state index in [1.54, 1.807) is 11.3 Å². The van der Waals surface area contributed by atoms with Gasteiger partial charge in [0.2, 0.25) is 0 Å². The van der Waals surface area contributed by atoms with E-state index in [2.05, 4.69) is 11.0 Å². The van der Waals surface area contributed by atoms with E-state index in [-0.39, 0.29) is 0 Å². The minimum absolute atomic E-state index is 0.388. The lowest BCUT2D eigenvalue weighted by Crippen LogP contribution is -2.39. The molecule has 0 aliphatic carbocycles. The number of nitrogens with two attached hydrogens (primary N) is 1. The van der Waals surface area contributed by atoms with Gasteiger partial charge in [-0.1, -0.05) is 23.8 Å². The second kappa shape index (κ2) is 5.45. The van der Waals surface area contributed by atoms with Crippen molar-refractivity contribution in [2.24, 2.45) is 11.7 Å². The van der Waals surface area contributed by atoms with E-state index in [1.807, 2.05) is 6.07 Å². The Morgan fingerprint density at radius 1 is 1.62 bits per heavy atom. The molecule has 0 saturated carbocycles. The van der Waals surface area contributed by atoms with Gasteiger partial charge in [-0.15, -0.1) is 11.3 Å². The summed E-state index contributed by atoms with van der Waals surface area (Å²) in [6.07, 6.45) is 2.32. The van der Waals surface area contributed by atoms with Crippen molar-refractivity contribution in [3.63, 3.8) is 0 Å². The summed E-state index contributed by atoms with van der Waals surface area (Å²) in [6.45, 7) is 3.09. The second-order valence-corrected chi connectivity index (χ2v) is 6.45. The molecular weight excluding hydrogens is 260 g/mol. The Morgan fingerprint density at radius 2 is 2.44 bits per heavy atom. The quantitative estimate of drug-likeness (QED) is 0.860. The summed E-state index contributed by atoms with van der Waals surface area (Å²) in [4.78, 5) is 4.39. The highest BCUT2D eigenvalue weighted by atomic mass is 35.5. The highest BCUT2D eigenvalue weighted by Gasteiger charge is 2.21. The van der Waals surface area contributed by atoms with Gasteiger partial charge in [0.05, 0.1) is 9.32 Å². The van der Waals surface area contributed by atoms with Gasteiger partial charge in [-0.3, -0.25) is 4.90 Å². The van der Waals surface area contributed by atoms with E-state index in [9.17, 15) is 0 Å². The normalized spacial score (nSPS) is 22.2. The molecule has 16 heavy (non-hydrogen) atoms. The highest BCUT2D eigenvalue weighted by Crippen LogP contribution is 2.25. The van der Waals surface area contributed by atoms with Crippen LogP contribution in [0.3, 0.4) is 0 Å². The molecule has 0 bridgehead atoms. The molecule has 2 nitrogen and oxygen atoms in total. The van der Waals surface area contributed by atoms with E-state index in [0.717, 1.165) is 30.4 Å².